The van der Waals surface area contributed by atoms with Crippen molar-refractivity contribution in [2.24, 2.45) is 0 Å². The Labute approximate surface area is 96.3 Å². The van der Waals surface area contributed by atoms with Crippen LogP contribution in [0.15, 0.2) is 4.42 Å². The lowest BCUT2D eigenvalue weighted by atomic mass is 10.3. The second-order valence-corrected chi connectivity index (χ2v) is 3.40. The summed E-state index contributed by atoms with van der Waals surface area (Å²) in [4.78, 5) is 0. The standard InChI is InChI=1S/C9H14F3N3O2/c1-13-4-2-3-7-14-15-8(17-7)5-16-6-9(10,11)12/h13H,2-6H2,1H3. The van der Waals surface area contributed by atoms with Crippen LogP contribution in [0.4, 0.5) is 13.2 Å². The van der Waals surface area contributed by atoms with Gasteiger partial charge in [0.1, 0.15) is 13.2 Å². The van der Waals surface area contributed by atoms with Crippen LogP contribution in [-0.4, -0.2) is 36.6 Å². The number of hydrogen-bond acceptors (Lipinski definition) is 5. The zero-order chi connectivity index (χ0) is 12.7. The zero-order valence-electron chi connectivity index (χ0n) is 9.38. The summed E-state index contributed by atoms with van der Waals surface area (Å²) >= 11 is 0. The van der Waals surface area contributed by atoms with Crippen molar-refractivity contribution in [3.8, 4) is 0 Å². The van der Waals surface area contributed by atoms with E-state index in [9.17, 15) is 13.2 Å². The van der Waals surface area contributed by atoms with Crippen LogP contribution in [0, 0.1) is 0 Å². The van der Waals surface area contributed by atoms with Crippen LogP contribution in [0.5, 0.6) is 0 Å². The summed E-state index contributed by atoms with van der Waals surface area (Å²) in [6.45, 7) is -0.828. The molecule has 0 amide bonds. The Morgan fingerprint density at radius 1 is 1.29 bits per heavy atom. The molecule has 1 heterocycles. The first-order valence-corrected chi connectivity index (χ1v) is 5.11. The number of halogens is 3. The van der Waals surface area contributed by atoms with Crippen molar-refractivity contribution in [3.63, 3.8) is 0 Å². The number of alkyl halides is 3. The molecule has 1 aromatic rings. The molecule has 0 unspecified atom stereocenters. The highest BCUT2D eigenvalue weighted by Crippen LogP contribution is 2.15. The van der Waals surface area contributed by atoms with Crippen molar-refractivity contribution in [1.29, 1.82) is 0 Å². The summed E-state index contributed by atoms with van der Waals surface area (Å²) in [5.74, 6) is 0.472. The number of nitrogens with one attached hydrogen (secondary N) is 1. The highest BCUT2D eigenvalue weighted by Gasteiger charge is 2.27. The second kappa shape index (κ2) is 6.55. The highest BCUT2D eigenvalue weighted by atomic mass is 19.4. The fraction of sp³-hybridized carbons (Fsp3) is 0.778. The molecule has 0 fully saturated rings. The van der Waals surface area contributed by atoms with Gasteiger partial charge >= 0.3 is 6.18 Å². The number of ether oxygens (including phenoxy) is 1. The fourth-order valence-electron chi connectivity index (χ4n) is 1.12. The van der Waals surface area contributed by atoms with Crippen molar-refractivity contribution < 1.29 is 22.3 Å². The molecule has 0 atom stereocenters. The fourth-order valence-corrected chi connectivity index (χ4v) is 1.12. The number of hydrogen-bond donors (Lipinski definition) is 1. The van der Waals surface area contributed by atoms with Gasteiger partial charge in [0.25, 0.3) is 0 Å². The maximum absolute atomic E-state index is 11.8. The van der Waals surface area contributed by atoms with E-state index >= 15 is 0 Å². The third-order valence-corrected chi connectivity index (χ3v) is 1.82. The molecule has 98 valence electrons. The van der Waals surface area contributed by atoms with Gasteiger partial charge in [-0.05, 0) is 20.0 Å². The largest absolute Gasteiger partial charge is 0.423 e. The Morgan fingerprint density at radius 2 is 2.00 bits per heavy atom. The first-order valence-electron chi connectivity index (χ1n) is 5.11. The SMILES string of the molecule is CNCCCc1nnc(COCC(F)(F)F)o1. The van der Waals surface area contributed by atoms with Crippen molar-refractivity contribution in [1.82, 2.24) is 15.5 Å². The van der Waals surface area contributed by atoms with E-state index in [0.717, 1.165) is 13.0 Å². The molecule has 0 radical (unpaired) electrons. The van der Waals surface area contributed by atoms with Crippen molar-refractivity contribution in [2.75, 3.05) is 20.2 Å². The number of rotatable bonds is 7. The molecule has 0 aromatic carbocycles. The maximum Gasteiger partial charge on any atom is 0.411 e. The van der Waals surface area contributed by atoms with Crippen LogP contribution in [0.2, 0.25) is 0 Å². The van der Waals surface area contributed by atoms with Crippen molar-refractivity contribution in [2.45, 2.75) is 25.6 Å². The molecule has 5 nitrogen and oxygen atoms in total. The molecule has 0 aliphatic carbocycles. The zero-order valence-corrected chi connectivity index (χ0v) is 9.38. The summed E-state index contributed by atoms with van der Waals surface area (Å²) in [6, 6.07) is 0. The Kier molecular flexibility index (Phi) is 5.36. The molecular weight excluding hydrogens is 239 g/mol. The van der Waals surface area contributed by atoms with E-state index in [1.54, 1.807) is 0 Å². The summed E-state index contributed by atoms with van der Waals surface area (Å²) in [5, 5.41) is 10.2. The lowest BCUT2D eigenvalue weighted by Crippen LogP contribution is -2.16. The second-order valence-electron chi connectivity index (χ2n) is 3.40. The van der Waals surface area contributed by atoms with Crippen LogP contribution >= 0.6 is 0 Å². The summed E-state index contributed by atoms with van der Waals surface area (Å²) in [6.07, 6.45) is -2.93. The minimum absolute atomic E-state index is 0.0636. The number of nitrogens with zero attached hydrogens (tertiary/aromatic N) is 2. The Hall–Kier alpha value is -1.15. The van der Waals surface area contributed by atoms with Gasteiger partial charge in [0.05, 0.1) is 0 Å². The molecule has 1 aromatic heterocycles. The van der Waals surface area contributed by atoms with Gasteiger partial charge in [-0.25, -0.2) is 0 Å². The average Bonchev–Trinajstić information content (AvgIpc) is 2.64. The molecule has 0 aliphatic rings. The van der Waals surface area contributed by atoms with Crippen LogP contribution in [-0.2, 0) is 17.8 Å². The number of aromatic nitrogens is 2. The van der Waals surface area contributed by atoms with Crippen LogP contribution in [0.3, 0.4) is 0 Å². The molecule has 17 heavy (non-hydrogen) atoms. The molecule has 0 saturated heterocycles. The molecule has 8 heteroatoms. The Morgan fingerprint density at radius 3 is 2.65 bits per heavy atom. The Balaban J connectivity index is 2.26. The first kappa shape index (κ1) is 13.9. The molecule has 0 saturated carbocycles. The van der Waals surface area contributed by atoms with Gasteiger partial charge in [-0.3, -0.25) is 0 Å². The molecule has 0 aliphatic heterocycles. The van der Waals surface area contributed by atoms with Crippen molar-refractivity contribution >= 4 is 0 Å². The Bertz CT molecular complexity index is 328. The predicted molar refractivity (Wildman–Crippen MR) is 52.3 cm³/mol. The molecule has 1 N–H and O–H groups in total. The summed E-state index contributed by atoms with van der Waals surface area (Å²) < 4.78 is 44.8. The predicted octanol–water partition coefficient (Wildman–Crippen LogP) is 1.30. The van der Waals surface area contributed by atoms with E-state index < -0.39 is 12.8 Å². The lowest BCUT2D eigenvalue weighted by Gasteiger charge is -2.04. The van der Waals surface area contributed by atoms with Gasteiger partial charge in [0.2, 0.25) is 11.8 Å². The van der Waals surface area contributed by atoms with E-state index in [1.165, 1.54) is 0 Å². The van der Waals surface area contributed by atoms with Gasteiger partial charge in [-0.2, -0.15) is 13.2 Å². The van der Waals surface area contributed by atoms with E-state index in [-0.39, 0.29) is 12.5 Å². The third kappa shape index (κ3) is 6.22. The summed E-state index contributed by atoms with van der Waals surface area (Å²) in [7, 11) is 1.82. The van der Waals surface area contributed by atoms with E-state index in [1.807, 2.05) is 7.05 Å². The van der Waals surface area contributed by atoms with E-state index in [0.29, 0.717) is 12.3 Å². The third-order valence-electron chi connectivity index (χ3n) is 1.82. The lowest BCUT2D eigenvalue weighted by molar-refractivity contribution is -0.177. The summed E-state index contributed by atoms with van der Waals surface area (Å²) in [5.41, 5.74) is 0. The number of aryl methyl sites for hydroxylation is 1. The molecule has 0 spiro atoms. The minimum atomic E-state index is -4.34. The van der Waals surface area contributed by atoms with Gasteiger partial charge < -0.3 is 14.5 Å². The van der Waals surface area contributed by atoms with Gasteiger partial charge in [-0.1, -0.05) is 0 Å². The maximum atomic E-state index is 11.8. The topological polar surface area (TPSA) is 60.2 Å². The minimum Gasteiger partial charge on any atom is -0.423 e. The van der Waals surface area contributed by atoms with Gasteiger partial charge in [0, 0.05) is 6.42 Å². The normalized spacial score (nSPS) is 12.0. The quantitative estimate of drug-likeness (QED) is 0.742. The molecule has 0 bridgehead atoms. The van der Waals surface area contributed by atoms with Gasteiger partial charge in [-0.15, -0.1) is 10.2 Å². The van der Waals surface area contributed by atoms with Crippen LogP contribution in [0.1, 0.15) is 18.2 Å². The first-order chi connectivity index (χ1) is 8.01. The monoisotopic (exact) mass is 253 g/mol. The average molecular weight is 253 g/mol. The van der Waals surface area contributed by atoms with Crippen molar-refractivity contribution in [3.05, 3.63) is 11.8 Å². The van der Waals surface area contributed by atoms with E-state index in [4.69, 9.17) is 4.42 Å². The van der Waals surface area contributed by atoms with Gasteiger partial charge in [0.15, 0.2) is 0 Å². The van der Waals surface area contributed by atoms with Crippen LogP contribution in [0.25, 0.3) is 0 Å². The highest BCUT2D eigenvalue weighted by molar-refractivity contribution is 4.80. The smallest absolute Gasteiger partial charge is 0.411 e. The van der Waals surface area contributed by atoms with Crippen LogP contribution < -0.4 is 5.32 Å². The van der Waals surface area contributed by atoms with E-state index in [2.05, 4.69) is 20.3 Å². The molecular formula is C9H14F3N3O2. The molecule has 1 rings (SSSR count).